The van der Waals surface area contributed by atoms with Gasteiger partial charge in [-0.25, -0.2) is 0 Å². The predicted molar refractivity (Wildman–Crippen MR) is 94.2 cm³/mol. The second kappa shape index (κ2) is 7.36. The van der Waals surface area contributed by atoms with E-state index in [1.807, 2.05) is 13.0 Å². The van der Waals surface area contributed by atoms with Crippen molar-refractivity contribution in [2.45, 2.75) is 6.92 Å². The number of nitro groups is 1. The summed E-state index contributed by atoms with van der Waals surface area (Å²) in [5.41, 5.74) is 0.724. The van der Waals surface area contributed by atoms with Crippen LogP contribution in [-0.2, 0) is 0 Å². The van der Waals surface area contributed by atoms with Crippen molar-refractivity contribution < 1.29 is 14.1 Å². The van der Waals surface area contributed by atoms with E-state index in [0.717, 1.165) is 5.75 Å². The molecule has 0 fully saturated rings. The molecule has 1 aromatic heterocycles. The Hall–Kier alpha value is -3.86. The molecule has 0 atom stereocenters. The van der Waals surface area contributed by atoms with Gasteiger partial charge in [0.1, 0.15) is 17.4 Å². The van der Waals surface area contributed by atoms with E-state index in [1.165, 1.54) is 12.1 Å². The summed E-state index contributed by atoms with van der Waals surface area (Å²) < 4.78 is 11.0. The number of anilines is 2. The third-order valence-corrected chi connectivity index (χ3v) is 3.49. The van der Waals surface area contributed by atoms with Gasteiger partial charge in [-0.05, 0) is 37.3 Å². The molecule has 3 rings (SSSR count). The highest BCUT2D eigenvalue weighted by Crippen LogP contribution is 2.33. The van der Waals surface area contributed by atoms with Crippen LogP contribution in [0.25, 0.3) is 11.5 Å². The van der Waals surface area contributed by atoms with E-state index in [4.69, 9.17) is 9.15 Å². The Morgan fingerprint density at radius 1 is 1.27 bits per heavy atom. The van der Waals surface area contributed by atoms with Crippen LogP contribution in [0.2, 0.25) is 0 Å². The van der Waals surface area contributed by atoms with E-state index >= 15 is 0 Å². The van der Waals surface area contributed by atoms with Crippen molar-refractivity contribution in [3.63, 3.8) is 0 Å². The third kappa shape index (κ3) is 3.47. The van der Waals surface area contributed by atoms with Crippen LogP contribution in [0.5, 0.6) is 5.75 Å². The molecule has 3 aromatic rings. The summed E-state index contributed by atoms with van der Waals surface area (Å²) in [6.07, 6.45) is 0. The largest absolute Gasteiger partial charge is 0.494 e. The molecular formula is C18H14N4O4. The van der Waals surface area contributed by atoms with Gasteiger partial charge in [0.05, 0.1) is 11.5 Å². The van der Waals surface area contributed by atoms with Gasteiger partial charge in [-0.15, -0.1) is 0 Å². The minimum Gasteiger partial charge on any atom is -0.494 e. The van der Waals surface area contributed by atoms with Crippen LogP contribution in [0.15, 0.2) is 52.9 Å². The van der Waals surface area contributed by atoms with Crippen LogP contribution in [0.3, 0.4) is 0 Å². The predicted octanol–water partition coefficient (Wildman–Crippen LogP) is 4.26. The lowest BCUT2D eigenvalue weighted by Crippen LogP contribution is -1.93. The Labute approximate surface area is 148 Å². The van der Waals surface area contributed by atoms with E-state index in [9.17, 15) is 15.4 Å². The molecule has 0 radical (unpaired) electrons. The number of para-hydroxylation sites is 1. The third-order valence-electron chi connectivity index (χ3n) is 3.49. The number of nitro benzene ring substituents is 1. The number of nitriles is 1. The van der Waals surface area contributed by atoms with Crippen molar-refractivity contribution >= 4 is 17.3 Å². The number of rotatable bonds is 6. The zero-order chi connectivity index (χ0) is 18.5. The quantitative estimate of drug-likeness (QED) is 0.521. The van der Waals surface area contributed by atoms with Gasteiger partial charge in [-0.1, -0.05) is 12.1 Å². The van der Waals surface area contributed by atoms with Gasteiger partial charge in [0.25, 0.3) is 5.69 Å². The summed E-state index contributed by atoms with van der Waals surface area (Å²) in [4.78, 5) is 14.7. The first-order valence-corrected chi connectivity index (χ1v) is 7.77. The van der Waals surface area contributed by atoms with E-state index < -0.39 is 4.92 Å². The minimum atomic E-state index is -0.523. The Bertz CT molecular complexity index is 974. The summed E-state index contributed by atoms with van der Waals surface area (Å²) in [5, 5.41) is 23.4. The van der Waals surface area contributed by atoms with Crippen molar-refractivity contribution in [3.8, 4) is 23.3 Å². The van der Waals surface area contributed by atoms with Crippen LogP contribution in [0.4, 0.5) is 17.3 Å². The number of aromatic nitrogens is 1. The number of nitrogens with zero attached hydrogens (tertiary/aromatic N) is 3. The molecule has 0 aliphatic carbocycles. The summed E-state index contributed by atoms with van der Waals surface area (Å²) in [6, 6.07) is 15.1. The molecule has 1 heterocycles. The smallest absolute Gasteiger partial charge is 0.282 e. The first-order valence-electron chi connectivity index (χ1n) is 7.77. The highest BCUT2D eigenvalue weighted by atomic mass is 16.6. The average molecular weight is 350 g/mol. The van der Waals surface area contributed by atoms with Crippen molar-refractivity contribution in [2.75, 3.05) is 11.9 Å². The van der Waals surface area contributed by atoms with Crippen molar-refractivity contribution in [1.29, 1.82) is 5.26 Å². The first kappa shape index (κ1) is 17.0. The molecule has 2 aromatic carbocycles. The lowest BCUT2D eigenvalue weighted by atomic mass is 10.2. The zero-order valence-corrected chi connectivity index (χ0v) is 13.8. The number of hydrogen-bond acceptors (Lipinski definition) is 7. The summed E-state index contributed by atoms with van der Waals surface area (Å²) in [6.45, 7) is 2.46. The van der Waals surface area contributed by atoms with Gasteiger partial charge < -0.3 is 14.5 Å². The lowest BCUT2D eigenvalue weighted by Gasteiger charge is -2.05. The van der Waals surface area contributed by atoms with Crippen LogP contribution in [-0.4, -0.2) is 16.5 Å². The molecule has 0 bridgehead atoms. The molecule has 0 aliphatic heterocycles. The molecule has 8 nitrogen and oxygen atoms in total. The second-order valence-electron chi connectivity index (χ2n) is 5.17. The van der Waals surface area contributed by atoms with E-state index in [2.05, 4.69) is 10.3 Å². The highest BCUT2D eigenvalue weighted by Gasteiger charge is 2.21. The second-order valence-corrected chi connectivity index (χ2v) is 5.17. The molecule has 130 valence electrons. The molecule has 0 spiro atoms. The van der Waals surface area contributed by atoms with Crippen molar-refractivity contribution in [1.82, 2.24) is 4.98 Å². The van der Waals surface area contributed by atoms with Crippen molar-refractivity contribution in [2.24, 2.45) is 0 Å². The van der Waals surface area contributed by atoms with Gasteiger partial charge in [0, 0.05) is 11.8 Å². The van der Waals surface area contributed by atoms with Crippen LogP contribution in [0, 0.1) is 21.4 Å². The van der Waals surface area contributed by atoms with Crippen LogP contribution < -0.4 is 10.1 Å². The van der Waals surface area contributed by atoms with Crippen LogP contribution >= 0.6 is 0 Å². The Kier molecular flexibility index (Phi) is 4.80. The molecule has 1 N–H and O–H groups in total. The lowest BCUT2D eigenvalue weighted by molar-refractivity contribution is -0.384. The molecule has 0 unspecified atom stereocenters. The summed E-state index contributed by atoms with van der Waals surface area (Å²) in [7, 11) is 0. The Balaban J connectivity index is 1.93. The van der Waals surface area contributed by atoms with Gasteiger partial charge in [-0.3, -0.25) is 10.1 Å². The molecular weight excluding hydrogens is 336 g/mol. The number of ether oxygens (including phenoxy) is 1. The van der Waals surface area contributed by atoms with Gasteiger partial charge in [0.2, 0.25) is 17.5 Å². The maximum Gasteiger partial charge on any atom is 0.282 e. The summed E-state index contributed by atoms with van der Waals surface area (Å²) >= 11 is 0. The minimum absolute atomic E-state index is 0.00212. The molecule has 0 saturated carbocycles. The van der Waals surface area contributed by atoms with Gasteiger partial charge in [0.15, 0.2) is 0 Å². The van der Waals surface area contributed by atoms with Gasteiger partial charge in [-0.2, -0.15) is 10.2 Å². The number of hydrogen-bond donors (Lipinski definition) is 1. The van der Waals surface area contributed by atoms with Crippen molar-refractivity contribution in [3.05, 3.63) is 64.3 Å². The highest BCUT2D eigenvalue weighted by molar-refractivity contribution is 5.70. The normalized spacial score (nSPS) is 10.2. The zero-order valence-electron chi connectivity index (χ0n) is 13.8. The Morgan fingerprint density at radius 2 is 2.00 bits per heavy atom. The SMILES string of the molecule is CCOc1ccc(Nc2oc(-c3ccccc3[N+](=O)[O-])nc2C#N)cc1. The average Bonchev–Trinajstić information content (AvgIpc) is 3.06. The van der Waals surface area contributed by atoms with E-state index in [0.29, 0.717) is 12.3 Å². The molecule has 8 heteroatoms. The number of nitrogens with one attached hydrogen (secondary N) is 1. The fourth-order valence-electron chi connectivity index (χ4n) is 2.34. The first-order chi connectivity index (χ1) is 12.6. The summed E-state index contributed by atoms with van der Waals surface area (Å²) in [5.74, 6) is 0.837. The molecule has 0 saturated heterocycles. The standard InChI is InChI=1S/C18H14N4O4/c1-2-25-13-9-7-12(8-10-13)20-18-15(11-19)21-17(26-18)14-5-3-4-6-16(14)22(23)24/h3-10,20H,2H2,1H3. The van der Waals surface area contributed by atoms with E-state index in [-0.39, 0.29) is 28.7 Å². The fraction of sp³-hybridized carbons (Fsp3) is 0.111. The van der Waals surface area contributed by atoms with E-state index in [1.54, 1.807) is 36.4 Å². The number of benzene rings is 2. The maximum absolute atomic E-state index is 11.2. The fourth-order valence-corrected chi connectivity index (χ4v) is 2.34. The molecule has 26 heavy (non-hydrogen) atoms. The topological polar surface area (TPSA) is 114 Å². The van der Waals surface area contributed by atoms with Gasteiger partial charge >= 0.3 is 0 Å². The Morgan fingerprint density at radius 3 is 2.65 bits per heavy atom. The molecule has 0 aliphatic rings. The van der Waals surface area contributed by atoms with Crippen LogP contribution in [0.1, 0.15) is 12.6 Å². The maximum atomic E-state index is 11.2. The molecule has 0 amide bonds. The number of oxazole rings is 1. The monoisotopic (exact) mass is 350 g/mol.